The van der Waals surface area contributed by atoms with Crippen molar-refractivity contribution in [2.45, 2.75) is 38.3 Å². The van der Waals surface area contributed by atoms with Crippen molar-refractivity contribution in [3.05, 3.63) is 0 Å². The first-order valence-electron chi connectivity index (χ1n) is 5.24. The molecule has 5 nitrogen and oxygen atoms in total. The largest absolute Gasteiger partial charge is 0.396 e. The van der Waals surface area contributed by atoms with Gasteiger partial charge in [0.15, 0.2) is 0 Å². The first kappa shape index (κ1) is 12.1. The van der Waals surface area contributed by atoms with Crippen molar-refractivity contribution in [2.24, 2.45) is 5.73 Å². The van der Waals surface area contributed by atoms with Gasteiger partial charge in [0.2, 0.25) is 5.91 Å². The number of nitrogens with two attached hydrogens (primary N) is 1. The second-order valence-electron chi connectivity index (χ2n) is 3.94. The van der Waals surface area contributed by atoms with Crippen molar-refractivity contribution in [3.63, 3.8) is 0 Å². The molecule has 1 rings (SSSR count). The quantitative estimate of drug-likeness (QED) is 0.632. The molecular weight excluding hydrogens is 196 g/mol. The molecule has 1 unspecified atom stereocenters. The molecule has 0 spiro atoms. The summed E-state index contributed by atoms with van der Waals surface area (Å²) < 4.78 is 0. The van der Waals surface area contributed by atoms with E-state index in [1.54, 1.807) is 0 Å². The van der Waals surface area contributed by atoms with Gasteiger partial charge in [-0.15, -0.1) is 0 Å². The number of nitrogens with zero attached hydrogens (tertiary/aromatic N) is 1. The van der Waals surface area contributed by atoms with Crippen LogP contribution in [0.15, 0.2) is 0 Å². The Kier molecular flexibility index (Phi) is 4.23. The van der Waals surface area contributed by atoms with E-state index in [1.807, 2.05) is 4.90 Å². The lowest BCUT2D eigenvalue weighted by molar-refractivity contribution is -0.127. The lowest BCUT2D eigenvalue weighted by Gasteiger charge is -2.29. The highest BCUT2D eigenvalue weighted by Crippen LogP contribution is 2.22. The zero-order valence-electron chi connectivity index (χ0n) is 8.98. The molecule has 0 saturated carbocycles. The molecular formula is C10H18N2O3. The maximum atomic E-state index is 11.3. The van der Waals surface area contributed by atoms with E-state index in [0.29, 0.717) is 13.0 Å². The van der Waals surface area contributed by atoms with Gasteiger partial charge in [0.05, 0.1) is 12.1 Å². The second-order valence-corrected chi connectivity index (χ2v) is 3.94. The van der Waals surface area contributed by atoms with Crippen molar-refractivity contribution >= 4 is 11.7 Å². The van der Waals surface area contributed by atoms with Crippen LogP contribution in [0.3, 0.4) is 0 Å². The monoisotopic (exact) mass is 214 g/mol. The first-order valence-corrected chi connectivity index (χ1v) is 5.24. The summed E-state index contributed by atoms with van der Waals surface area (Å²) in [6, 6.07) is -0.708. The van der Waals surface area contributed by atoms with Gasteiger partial charge < -0.3 is 10.8 Å². The minimum Gasteiger partial charge on any atom is -0.396 e. The van der Waals surface area contributed by atoms with Gasteiger partial charge in [-0.2, -0.15) is 0 Å². The third-order valence-corrected chi connectivity index (χ3v) is 2.89. The Bertz CT molecular complexity index is 255. The standard InChI is InChI=1S/C10H18N2O3/c1-7(14)8-3-2-5-12(8)9(4-6-13)10(11)15/h8-9,13H,2-6H2,1H3,(H2,11,15)/t8-,9?/m1/s1. The summed E-state index contributed by atoms with van der Waals surface area (Å²) in [5.74, 6) is -0.395. The van der Waals surface area contributed by atoms with Gasteiger partial charge in [-0.05, 0) is 32.7 Å². The van der Waals surface area contributed by atoms with E-state index in [9.17, 15) is 9.59 Å². The number of amides is 1. The van der Waals surface area contributed by atoms with Crippen LogP contribution in [0.5, 0.6) is 0 Å². The van der Waals surface area contributed by atoms with Gasteiger partial charge in [-0.25, -0.2) is 0 Å². The van der Waals surface area contributed by atoms with Crippen molar-refractivity contribution in [3.8, 4) is 0 Å². The highest BCUT2D eigenvalue weighted by molar-refractivity contribution is 5.84. The minimum absolute atomic E-state index is 0.0664. The van der Waals surface area contributed by atoms with Gasteiger partial charge in [0, 0.05) is 6.61 Å². The van der Waals surface area contributed by atoms with Crippen LogP contribution in [0.1, 0.15) is 26.2 Å². The van der Waals surface area contributed by atoms with Crippen LogP contribution in [0, 0.1) is 0 Å². The topological polar surface area (TPSA) is 83.6 Å². The fourth-order valence-electron chi connectivity index (χ4n) is 2.19. The molecule has 0 aliphatic carbocycles. The average molecular weight is 214 g/mol. The maximum Gasteiger partial charge on any atom is 0.234 e. The van der Waals surface area contributed by atoms with Crippen molar-refractivity contribution in [2.75, 3.05) is 13.2 Å². The molecule has 1 saturated heterocycles. The van der Waals surface area contributed by atoms with Gasteiger partial charge >= 0.3 is 0 Å². The highest BCUT2D eigenvalue weighted by atomic mass is 16.3. The highest BCUT2D eigenvalue weighted by Gasteiger charge is 2.35. The minimum atomic E-state index is -0.508. The number of aliphatic hydroxyl groups excluding tert-OH is 1. The number of primary amides is 1. The molecule has 0 aromatic carbocycles. The third kappa shape index (κ3) is 2.76. The van der Waals surface area contributed by atoms with Crippen molar-refractivity contribution in [1.29, 1.82) is 0 Å². The fourth-order valence-corrected chi connectivity index (χ4v) is 2.19. The molecule has 0 aromatic heterocycles. The smallest absolute Gasteiger partial charge is 0.234 e. The van der Waals surface area contributed by atoms with Gasteiger partial charge in [-0.3, -0.25) is 14.5 Å². The van der Waals surface area contributed by atoms with Crippen LogP contribution in [-0.4, -0.2) is 46.9 Å². The lowest BCUT2D eigenvalue weighted by Crippen LogP contribution is -2.49. The summed E-state index contributed by atoms with van der Waals surface area (Å²) in [6.45, 7) is 2.15. The van der Waals surface area contributed by atoms with Crippen molar-refractivity contribution in [1.82, 2.24) is 4.90 Å². The molecule has 15 heavy (non-hydrogen) atoms. The summed E-state index contributed by atoms with van der Waals surface area (Å²) >= 11 is 0. The molecule has 1 aliphatic rings. The molecule has 1 fully saturated rings. The van der Waals surface area contributed by atoms with Crippen LogP contribution >= 0.6 is 0 Å². The lowest BCUT2D eigenvalue weighted by atomic mass is 10.1. The summed E-state index contributed by atoms with van der Waals surface area (Å²) in [4.78, 5) is 24.4. The van der Waals surface area contributed by atoms with Crippen molar-refractivity contribution < 1.29 is 14.7 Å². The van der Waals surface area contributed by atoms with E-state index in [1.165, 1.54) is 6.92 Å². The van der Waals surface area contributed by atoms with Crippen LogP contribution in [0.25, 0.3) is 0 Å². The number of likely N-dealkylation sites (tertiary alicyclic amines) is 1. The Morgan fingerprint density at radius 1 is 1.60 bits per heavy atom. The molecule has 3 N–H and O–H groups in total. The molecule has 5 heteroatoms. The molecule has 1 aliphatic heterocycles. The fraction of sp³-hybridized carbons (Fsp3) is 0.800. The predicted octanol–water partition coefficient (Wildman–Crippen LogP) is -0.724. The Balaban J connectivity index is 2.73. The SMILES string of the molecule is CC(=O)[C@H]1CCCN1C(CCO)C(N)=O. The molecule has 0 bridgehead atoms. The van der Waals surface area contributed by atoms with Crippen LogP contribution in [-0.2, 0) is 9.59 Å². The molecule has 0 radical (unpaired) electrons. The van der Waals surface area contributed by atoms with E-state index in [4.69, 9.17) is 10.8 Å². The molecule has 1 heterocycles. The molecule has 86 valence electrons. The van der Waals surface area contributed by atoms with Gasteiger partial charge in [0.25, 0.3) is 0 Å². The van der Waals surface area contributed by atoms with E-state index in [0.717, 1.165) is 12.8 Å². The van der Waals surface area contributed by atoms with E-state index in [-0.39, 0.29) is 18.4 Å². The number of hydrogen-bond acceptors (Lipinski definition) is 4. The zero-order valence-corrected chi connectivity index (χ0v) is 8.98. The summed E-state index contributed by atoms with van der Waals surface area (Å²) in [5, 5.41) is 8.85. The third-order valence-electron chi connectivity index (χ3n) is 2.89. The number of aliphatic hydroxyl groups is 1. The summed E-state index contributed by atoms with van der Waals surface area (Å²) in [6.07, 6.45) is 1.99. The summed E-state index contributed by atoms with van der Waals surface area (Å²) in [5.41, 5.74) is 5.26. The summed E-state index contributed by atoms with van der Waals surface area (Å²) in [7, 11) is 0. The van der Waals surface area contributed by atoms with E-state index >= 15 is 0 Å². The number of rotatable bonds is 5. The normalized spacial score (nSPS) is 24.0. The number of carbonyl (C=O) groups is 2. The van der Waals surface area contributed by atoms with Gasteiger partial charge in [-0.1, -0.05) is 0 Å². The Hall–Kier alpha value is -0.940. The van der Waals surface area contributed by atoms with Crippen LogP contribution in [0.2, 0.25) is 0 Å². The van der Waals surface area contributed by atoms with Gasteiger partial charge in [0.1, 0.15) is 5.78 Å². The molecule has 1 amide bonds. The van der Waals surface area contributed by atoms with Crippen LogP contribution < -0.4 is 5.73 Å². The maximum absolute atomic E-state index is 11.3. The second kappa shape index (κ2) is 5.23. The average Bonchev–Trinajstić information content (AvgIpc) is 2.61. The number of carbonyl (C=O) groups excluding carboxylic acids is 2. The Morgan fingerprint density at radius 2 is 2.27 bits per heavy atom. The Morgan fingerprint density at radius 3 is 2.73 bits per heavy atom. The van der Waals surface area contributed by atoms with E-state index < -0.39 is 11.9 Å². The molecule has 2 atom stereocenters. The Labute approximate surface area is 89.2 Å². The van der Waals surface area contributed by atoms with E-state index in [2.05, 4.69) is 0 Å². The predicted molar refractivity (Wildman–Crippen MR) is 55.1 cm³/mol. The zero-order chi connectivity index (χ0) is 11.4. The molecule has 0 aromatic rings. The number of ketones is 1. The number of Topliss-reactive ketones (excluding diaryl/α,β-unsaturated/α-hetero) is 1. The first-order chi connectivity index (χ1) is 7.07. The van der Waals surface area contributed by atoms with Crippen LogP contribution in [0.4, 0.5) is 0 Å². The number of hydrogen-bond donors (Lipinski definition) is 2.